The topological polar surface area (TPSA) is 35.0 Å². The Morgan fingerprint density at radius 1 is 1.00 bits per heavy atom. The molecule has 0 amide bonds. The fourth-order valence-corrected chi connectivity index (χ4v) is 0. The predicted octanol–water partition coefficient (Wildman–Crippen LogP) is 0.0306. The molecule has 0 fully saturated rings. The number of hydrogen-bond donors (Lipinski definition) is 1. The largest absolute Gasteiger partial charge is 0.344 e. The van der Waals surface area contributed by atoms with Gasteiger partial charge in [0, 0.05) is 18.9 Å². The Morgan fingerprint density at radius 2 is 1.00 bits per heavy atom. The first-order valence-electron chi connectivity index (χ1n) is 0.333. The Hall–Kier alpha value is 0.117. The van der Waals surface area contributed by atoms with Crippen LogP contribution in [0.1, 0.15) is 0 Å². The van der Waals surface area contributed by atoms with Gasteiger partial charge in [0.2, 0.25) is 0 Å². The number of rotatable bonds is 0. The average molecular weight is 50.0 g/mol. The van der Waals surface area contributed by atoms with E-state index in [2.05, 4.69) is 12.8 Å². The first kappa shape index (κ1) is 32.0. The van der Waals surface area contributed by atoms with Crippen molar-refractivity contribution in [2.24, 2.45) is 0 Å². The maximum atomic E-state index is 4.00. The van der Waals surface area contributed by atoms with E-state index in [1.807, 2.05) is 0 Å². The van der Waals surface area contributed by atoms with E-state index in [4.69, 9.17) is 0 Å². The zero-order valence-electron chi connectivity index (χ0n) is 2.86. The molecule has 1 nitrogen and oxygen atoms in total. The smallest absolute Gasteiger partial charge is 0 e. The monoisotopic (exact) mass is 50.1 g/mol. The van der Waals surface area contributed by atoms with Gasteiger partial charge in [0.25, 0.3) is 0 Å². The van der Waals surface area contributed by atoms with Crippen molar-refractivity contribution in [3.05, 3.63) is 0 Å². The number of hydrogen-bond acceptors (Lipinski definition) is 1. The summed E-state index contributed by atoms with van der Waals surface area (Å²) in [7, 11) is 0. The van der Waals surface area contributed by atoms with E-state index in [0.29, 0.717) is 0 Å². The van der Waals surface area contributed by atoms with Crippen LogP contribution in [-0.2, 0) is 0 Å². The SMILES string of the molecule is C#C.N.[Li]. The standard InChI is InChI=1S/C2H2.Li.H3N/c1-2;;/h1-2H;;1H3. The van der Waals surface area contributed by atoms with Gasteiger partial charge in [-0.25, -0.2) is 0 Å². The van der Waals surface area contributed by atoms with E-state index in [1.165, 1.54) is 0 Å². The molecule has 0 saturated carbocycles. The minimum absolute atomic E-state index is 0. The van der Waals surface area contributed by atoms with Crippen molar-refractivity contribution >= 4 is 18.9 Å². The van der Waals surface area contributed by atoms with E-state index in [0.717, 1.165) is 0 Å². The molecular weight excluding hydrogens is 45.0 g/mol. The Morgan fingerprint density at radius 3 is 1.00 bits per heavy atom. The van der Waals surface area contributed by atoms with Gasteiger partial charge in [-0.2, -0.15) is 0 Å². The normalized spacial score (nSPS) is 0.500. The van der Waals surface area contributed by atoms with Gasteiger partial charge in [-0.3, -0.25) is 0 Å². The van der Waals surface area contributed by atoms with Crippen molar-refractivity contribution < 1.29 is 0 Å². The molecule has 0 aromatic heterocycles. The van der Waals surface area contributed by atoms with Crippen LogP contribution in [0.15, 0.2) is 0 Å². The Labute approximate surface area is 38.5 Å². The third-order valence-corrected chi connectivity index (χ3v) is 0. The molecule has 0 rings (SSSR count). The molecule has 0 aliphatic carbocycles. The van der Waals surface area contributed by atoms with Crippen LogP contribution in [0.25, 0.3) is 0 Å². The van der Waals surface area contributed by atoms with Crippen molar-refractivity contribution in [2.45, 2.75) is 0 Å². The molecule has 3 N–H and O–H groups in total. The summed E-state index contributed by atoms with van der Waals surface area (Å²) in [5, 5.41) is 0. The predicted molar refractivity (Wildman–Crippen MR) is 20.7 cm³/mol. The molecule has 0 heterocycles. The summed E-state index contributed by atoms with van der Waals surface area (Å²) in [6, 6.07) is 0. The van der Waals surface area contributed by atoms with Gasteiger partial charge in [0.15, 0.2) is 0 Å². The van der Waals surface area contributed by atoms with Gasteiger partial charge < -0.3 is 6.15 Å². The summed E-state index contributed by atoms with van der Waals surface area (Å²) < 4.78 is 0. The van der Waals surface area contributed by atoms with Crippen molar-refractivity contribution in [3.8, 4) is 12.8 Å². The fourth-order valence-electron chi connectivity index (χ4n) is 0. The van der Waals surface area contributed by atoms with E-state index in [-0.39, 0.29) is 25.0 Å². The molecular formula is C2H5LiN. The molecule has 0 aromatic rings. The van der Waals surface area contributed by atoms with E-state index >= 15 is 0 Å². The molecule has 0 aromatic carbocycles. The number of terminal acetylenes is 1. The third kappa shape index (κ3) is 192. The van der Waals surface area contributed by atoms with Crippen molar-refractivity contribution in [3.63, 3.8) is 0 Å². The van der Waals surface area contributed by atoms with Crippen molar-refractivity contribution in [1.29, 1.82) is 0 Å². The maximum Gasteiger partial charge on any atom is 0 e. The van der Waals surface area contributed by atoms with Gasteiger partial charge in [-0.1, -0.05) is 0 Å². The zero-order chi connectivity index (χ0) is 2.00. The second-order valence-corrected chi connectivity index (χ2v) is 0. The summed E-state index contributed by atoms with van der Waals surface area (Å²) >= 11 is 0. The maximum absolute atomic E-state index is 4.00. The second kappa shape index (κ2) is 1010. The second-order valence-electron chi connectivity index (χ2n) is 0. The first-order valence-corrected chi connectivity index (χ1v) is 0.333. The quantitative estimate of drug-likeness (QED) is 0.305. The Kier molecular flexibility index (Phi) is 8120. The van der Waals surface area contributed by atoms with Crippen molar-refractivity contribution in [2.75, 3.05) is 0 Å². The molecule has 0 aliphatic heterocycles. The van der Waals surface area contributed by atoms with Crippen LogP contribution in [0, 0.1) is 12.8 Å². The van der Waals surface area contributed by atoms with Crippen LogP contribution in [-0.4, -0.2) is 18.9 Å². The van der Waals surface area contributed by atoms with Gasteiger partial charge >= 0.3 is 0 Å². The van der Waals surface area contributed by atoms with Crippen LogP contribution >= 0.6 is 0 Å². The van der Waals surface area contributed by atoms with E-state index in [1.54, 1.807) is 0 Å². The fraction of sp³-hybridized carbons (Fsp3) is 0. The summed E-state index contributed by atoms with van der Waals surface area (Å²) in [6.45, 7) is 0. The van der Waals surface area contributed by atoms with Crippen LogP contribution in [0.4, 0.5) is 0 Å². The van der Waals surface area contributed by atoms with Crippen molar-refractivity contribution in [1.82, 2.24) is 6.15 Å². The molecule has 0 spiro atoms. The Bertz CT molecular complexity index is 10.8. The molecule has 0 saturated heterocycles. The third-order valence-electron chi connectivity index (χ3n) is 0. The van der Waals surface area contributed by atoms with E-state index in [9.17, 15) is 0 Å². The Balaban J connectivity index is -0.00000000500. The van der Waals surface area contributed by atoms with Gasteiger partial charge in [-0.05, 0) is 0 Å². The minimum Gasteiger partial charge on any atom is -0.344 e. The van der Waals surface area contributed by atoms with Gasteiger partial charge in [0.05, 0.1) is 0 Å². The molecule has 4 heavy (non-hydrogen) atoms. The summed E-state index contributed by atoms with van der Waals surface area (Å²) in [6.07, 6.45) is 8.00. The van der Waals surface area contributed by atoms with Crippen LogP contribution in [0.5, 0.6) is 0 Å². The minimum atomic E-state index is 0. The molecule has 0 aliphatic rings. The molecule has 0 atom stereocenters. The molecule has 1 radical (unpaired) electrons. The first-order chi connectivity index (χ1) is 1.00. The van der Waals surface area contributed by atoms with Gasteiger partial charge in [-0.15, -0.1) is 12.8 Å². The van der Waals surface area contributed by atoms with E-state index < -0.39 is 0 Å². The average Bonchev–Trinajstić information content (AvgIpc) is 1.00. The van der Waals surface area contributed by atoms with Crippen LogP contribution < -0.4 is 6.15 Å². The molecule has 0 unspecified atom stereocenters. The summed E-state index contributed by atoms with van der Waals surface area (Å²) in [5.74, 6) is 0. The molecule has 2 heteroatoms. The summed E-state index contributed by atoms with van der Waals surface area (Å²) in [5.41, 5.74) is 0. The van der Waals surface area contributed by atoms with Crippen LogP contribution in [0.2, 0.25) is 0 Å². The molecule has 19 valence electrons. The summed E-state index contributed by atoms with van der Waals surface area (Å²) in [4.78, 5) is 0. The van der Waals surface area contributed by atoms with Crippen LogP contribution in [0.3, 0.4) is 0 Å². The van der Waals surface area contributed by atoms with Gasteiger partial charge in [0.1, 0.15) is 0 Å². The zero-order valence-corrected chi connectivity index (χ0v) is 2.86. The molecule has 0 bridgehead atoms.